The fourth-order valence-electron chi connectivity index (χ4n) is 2.62. The Bertz CT molecular complexity index is 807. The van der Waals surface area contributed by atoms with Crippen molar-refractivity contribution in [1.29, 1.82) is 0 Å². The van der Waals surface area contributed by atoms with Gasteiger partial charge in [-0.2, -0.15) is 0 Å². The van der Waals surface area contributed by atoms with E-state index in [-0.39, 0.29) is 12.8 Å². The maximum Gasteiger partial charge on any atom is 0.436 e. The molecule has 0 atom stereocenters. The molecule has 0 bridgehead atoms. The molecule has 3 rings (SSSR count). The van der Waals surface area contributed by atoms with Crippen molar-refractivity contribution >= 4 is 34.4 Å². The Labute approximate surface area is 133 Å². The predicted molar refractivity (Wildman–Crippen MR) is 84.6 cm³/mol. The van der Waals surface area contributed by atoms with E-state index in [0.29, 0.717) is 10.8 Å². The Kier molecular flexibility index (Phi) is 3.73. The van der Waals surface area contributed by atoms with E-state index in [1.165, 1.54) is 0 Å². The Hall–Kier alpha value is -2.89. The van der Waals surface area contributed by atoms with Crippen LogP contribution in [0.3, 0.4) is 0 Å². The molecule has 1 heterocycles. The maximum atomic E-state index is 12.0. The topological polar surface area (TPSA) is 75.7 Å². The molecule has 0 aliphatic carbocycles. The molecule has 1 aliphatic heterocycles. The van der Waals surface area contributed by atoms with Crippen molar-refractivity contribution in [1.82, 2.24) is 5.06 Å². The minimum Gasteiger partial charge on any atom is -0.311 e. The summed E-state index contributed by atoms with van der Waals surface area (Å²) >= 11 is 0. The number of benzene rings is 2. The number of carbonyl (C=O) groups excluding carboxylic acids is 3. The van der Waals surface area contributed by atoms with Crippen LogP contribution in [-0.4, -0.2) is 23.0 Å². The van der Waals surface area contributed by atoms with Crippen LogP contribution in [0.4, 0.5) is 10.5 Å². The second kappa shape index (κ2) is 5.72. The lowest BCUT2D eigenvalue weighted by Gasteiger charge is -2.15. The molecule has 3 amide bonds. The smallest absolute Gasteiger partial charge is 0.311 e. The summed E-state index contributed by atoms with van der Waals surface area (Å²) in [5, 5.41) is 4.98. The van der Waals surface area contributed by atoms with Gasteiger partial charge in [-0.05, 0) is 30.9 Å². The zero-order chi connectivity index (χ0) is 16.6. The average Bonchev–Trinajstić information content (AvgIpc) is 2.78. The summed E-state index contributed by atoms with van der Waals surface area (Å²) in [6.07, 6.45) is -0.724. The van der Waals surface area contributed by atoms with Crippen LogP contribution in [0.2, 0.25) is 0 Å². The molecular weight excluding hydrogens is 296 g/mol. The van der Waals surface area contributed by atoms with Crippen LogP contribution in [0.25, 0.3) is 10.8 Å². The van der Waals surface area contributed by atoms with Gasteiger partial charge in [-0.15, -0.1) is 5.06 Å². The van der Waals surface area contributed by atoms with Crippen molar-refractivity contribution in [2.45, 2.75) is 26.7 Å². The van der Waals surface area contributed by atoms with Gasteiger partial charge in [0.1, 0.15) is 0 Å². The molecule has 0 unspecified atom stereocenters. The molecular formula is C17H16N2O4. The molecule has 2 aromatic rings. The predicted octanol–water partition coefficient (Wildman–Crippen LogP) is 3.07. The Balaban J connectivity index is 1.85. The SMILES string of the molecule is Cc1ccc2c(NC(=O)ON3C(=O)CCC3=O)cc(C)cc2c1. The van der Waals surface area contributed by atoms with E-state index in [0.717, 1.165) is 21.9 Å². The summed E-state index contributed by atoms with van der Waals surface area (Å²) in [6.45, 7) is 3.92. The van der Waals surface area contributed by atoms with E-state index in [9.17, 15) is 14.4 Å². The maximum absolute atomic E-state index is 12.0. The summed E-state index contributed by atoms with van der Waals surface area (Å²) in [6, 6.07) is 9.71. The van der Waals surface area contributed by atoms with Gasteiger partial charge >= 0.3 is 6.09 Å². The number of anilines is 1. The van der Waals surface area contributed by atoms with E-state index in [1.54, 1.807) is 0 Å². The molecule has 6 heteroatoms. The van der Waals surface area contributed by atoms with Crippen molar-refractivity contribution in [3.63, 3.8) is 0 Å². The van der Waals surface area contributed by atoms with Crippen molar-refractivity contribution in [3.8, 4) is 0 Å². The van der Waals surface area contributed by atoms with Crippen LogP contribution in [0.15, 0.2) is 30.3 Å². The number of carbonyl (C=O) groups is 3. The standard InChI is InChI=1S/C17H16N2O4/c1-10-3-4-13-12(7-10)8-11(2)9-14(13)18-17(22)23-19-15(20)5-6-16(19)21/h3-4,7-9H,5-6H2,1-2H3,(H,18,22). The van der Waals surface area contributed by atoms with Gasteiger partial charge in [0, 0.05) is 18.2 Å². The molecule has 0 spiro atoms. The van der Waals surface area contributed by atoms with Crippen LogP contribution in [0, 0.1) is 13.8 Å². The van der Waals surface area contributed by atoms with Crippen LogP contribution in [0.5, 0.6) is 0 Å². The second-order valence-corrected chi connectivity index (χ2v) is 5.62. The van der Waals surface area contributed by atoms with Crippen molar-refractivity contribution in [2.24, 2.45) is 0 Å². The van der Waals surface area contributed by atoms with Gasteiger partial charge in [0.15, 0.2) is 0 Å². The quantitative estimate of drug-likeness (QED) is 0.865. The van der Waals surface area contributed by atoms with Crippen molar-refractivity contribution < 1.29 is 19.2 Å². The number of nitrogens with zero attached hydrogens (tertiary/aromatic N) is 1. The summed E-state index contributed by atoms with van der Waals surface area (Å²) in [5.41, 5.74) is 2.67. The Morgan fingerprint density at radius 2 is 1.70 bits per heavy atom. The highest BCUT2D eigenvalue weighted by Crippen LogP contribution is 2.26. The van der Waals surface area contributed by atoms with Crippen molar-refractivity contribution in [2.75, 3.05) is 5.32 Å². The van der Waals surface area contributed by atoms with Gasteiger partial charge in [-0.25, -0.2) is 4.79 Å². The Morgan fingerprint density at radius 1 is 1.04 bits per heavy atom. The number of fused-ring (bicyclic) bond motifs is 1. The Morgan fingerprint density at radius 3 is 2.39 bits per heavy atom. The van der Waals surface area contributed by atoms with E-state index in [4.69, 9.17) is 4.84 Å². The lowest BCUT2D eigenvalue weighted by atomic mass is 10.0. The molecule has 6 nitrogen and oxygen atoms in total. The van der Waals surface area contributed by atoms with Crippen LogP contribution in [-0.2, 0) is 14.4 Å². The third-order valence-electron chi connectivity index (χ3n) is 3.67. The number of nitrogens with one attached hydrogen (secondary N) is 1. The third kappa shape index (κ3) is 3.01. The van der Waals surface area contributed by atoms with Crippen LogP contribution >= 0.6 is 0 Å². The number of hydrogen-bond acceptors (Lipinski definition) is 4. The van der Waals surface area contributed by atoms with Gasteiger partial charge in [-0.1, -0.05) is 29.8 Å². The molecule has 0 radical (unpaired) electrons. The minimum absolute atomic E-state index is 0.0682. The van der Waals surface area contributed by atoms with E-state index in [1.807, 2.05) is 44.2 Å². The van der Waals surface area contributed by atoms with E-state index >= 15 is 0 Å². The highest BCUT2D eigenvalue weighted by atomic mass is 16.7. The monoisotopic (exact) mass is 312 g/mol. The van der Waals surface area contributed by atoms with Gasteiger partial charge in [0.2, 0.25) is 0 Å². The number of imide groups is 1. The molecule has 0 aromatic heterocycles. The summed E-state index contributed by atoms with van der Waals surface area (Å²) in [7, 11) is 0. The first-order valence-electron chi connectivity index (χ1n) is 7.30. The fraction of sp³-hybridized carbons (Fsp3) is 0.235. The van der Waals surface area contributed by atoms with E-state index < -0.39 is 17.9 Å². The molecule has 118 valence electrons. The molecule has 23 heavy (non-hydrogen) atoms. The second-order valence-electron chi connectivity index (χ2n) is 5.62. The van der Waals surface area contributed by atoms with Gasteiger partial charge < -0.3 is 4.84 Å². The highest BCUT2D eigenvalue weighted by Gasteiger charge is 2.33. The molecule has 0 saturated carbocycles. The average molecular weight is 312 g/mol. The number of rotatable bonds is 2. The minimum atomic E-state index is -0.860. The molecule has 1 aliphatic rings. The zero-order valence-corrected chi connectivity index (χ0v) is 12.9. The zero-order valence-electron chi connectivity index (χ0n) is 12.9. The number of aryl methyl sites for hydroxylation is 2. The van der Waals surface area contributed by atoms with Crippen LogP contribution < -0.4 is 5.32 Å². The number of amides is 3. The van der Waals surface area contributed by atoms with Gasteiger partial charge in [0.25, 0.3) is 11.8 Å². The largest absolute Gasteiger partial charge is 0.436 e. The summed E-state index contributed by atoms with van der Waals surface area (Å²) in [5.74, 6) is -1.01. The number of hydrogen-bond donors (Lipinski definition) is 1. The first-order chi connectivity index (χ1) is 10.9. The first-order valence-corrected chi connectivity index (χ1v) is 7.30. The normalized spacial score (nSPS) is 14.4. The van der Waals surface area contributed by atoms with Crippen LogP contribution in [0.1, 0.15) is 24.0 Å². The van der Waals surface area contributed by atoms with Gasteiger partial charge in [0.05, 0.1) is 5.69 Å². The lowest BCUT2D eigenvalue weighted by Crippen LogP contribution is -2.33. The highest BCUT2D eigenvalue weighted by molar-refractivity contribution is 6.04. The molecule has 1 saturated heterocycles. The molecule has 2 aromatic carbocycles. The third-order valence-corrected chi connectivity index (χ3v) is 3.67. The fourth-order valence-corrected chi connectivity index (χ4v) is 2.62. The van der Waals surface area contributed by atoms with Gasteiger partial charge in [-0.3, -0.25) is 14.9 Å². The molecule has 1 N–H and O–H groups in total. The lowest BCUT2D eigenvalue weighted by molar-refractivity contribution is -0.170. The molecule has 1 fully saturated rings. The van der Waals surface area contributed by atoms with E-state index in [2.05, 4.69) is 5.32 Å². The van der Waals surface area contributed by atoms with Crippen molar-refractivity contribution in [3.05, 3.63) is 41.5 Å². The number of hydroxylamine groups is 2. The summed E-state index contributed by atoms with van der Waals surface area (Å²) < 4.78 is 0. The first kappa shape index (κ1) is 15.0. The summed E-state index contributed by atoms with van der Waals surface area (Å²) in [4.78, 5) is 39.8.